The van der Waals surface area contributed by atoms with E-state index in [1.54, 1.807) is 24.3 Å². The maximum atomic E-state index is 11.9. The van der Waals surface area contributed by atoms with Crippen LogP contribution in [0.1, 0.15) is 22.3 Å². The Kier molecular flexibility index (Phi) is 4.00. The first-order valence-corrected chi connectivity index (χ1v) is 6.16. The lowest BCUT2D eigenvalue weighted by Gasteiger charge is -2.02. The molecular formula is C15H14ClNO. The molecule has 0 saturated heterocycles. The lowest BCUT2D eigenvalue weighted by Crippen LogP contribution is -2.01. The van der Waals surface area contributed by atoms with Crippen LogP contribution >= 0.6 is 11.6 Å². The zero-order chi connectivity index (χ0) is 13.0. The van der Waals surface area contributed by atoms with E-state index in [-0.39, 0.29) is 5.78 Å². The van der Waals surface area contributed by atoms with Gasteiger partial charge in [-0.25, -0.2) is 0 Å². The summed E-state index contributed by atoms with van der Waals surface area (Å²) < 4.78 is 0. The minimum absolute atomic E-state index is 0.128. The fourth-order valence-electron chi connectivity index (χ4n) is 1.72. The van der Waals surface area contributed by atoms with Crippen LogP contribution in [-0.4, -0.2) is 5.78 Å². The molecule has 0 spiro atoms. The highest BCUT2D eigenvalue weighted by Gasteiger charge is 2.05. The van der Waals surface area contributed by atoms with Crippen LogP contribution in [0.15, 0.2) is 48.5 Å². The van der Waals surface area contributed by atoms with Gasteiger partial charge in [0.1, 0.15) is 0 Å². The molecule has 2 aromatic rings. The topological polar surface area (TPSA) is 43.1 Å². The minimum Gasteiger partial charge on any atom is -0.399 e. The van der Waals surface area contributed by atoms with Crippen molar-refractivity contribution in [2.75, 3.05) is 5.73 Å². The van der Waals surface area contributed by atoms with Gasteiger partial charge in [-0.05, 0) is 48.4 Å². The molecule has 0 heterocycles. The van der Waals surface area contributed by atoms with E-state index in [2.05, 4.69) is 0 Å². The molecule has 0 amide bonds. The van der Waals surface area contributed by atoms with Crippen molar-refractivity contribution >= 4 is 23.1 Å². The van der Waals surface area contributed by atoms with Gasteiger partial charge < -0.3 is 5.73 Å². The molecule has 0 radical (unpaired) electrons. The standard InChI is InChI=1S/C15H14ClNO/c16-13-6-4-12(5-7-13)15(18)10-3-11-1-8-14(17)9-2-11/h1-2,4-9H,3,10,17H2. The number of Topliss-reactive ketones (excluding diaryl/α,β-unsaturated/α-hetero) is 1. The Hall–Kier alpha value is -1.80. The van der Waals surface area contributed by atoms with E-state index in [0.717, 1.165) is 17.7 Å². The lowest BCUT2D eigenvalue weighted by atomic mass is 10.0. The van der Waals surface area contributed by atoms with Gasteiger partial charge in [0.2, 0.25) is 0 Å². The van der Waals surface area contributed by atoms with E-state index < -0.39 is 0 Å². The normalized spacial score (nSPS) is 10.3. The molecule has 0 bridgehead atoms. The Morgan fingerprint density at radius 1 is 1.00 bits per heavy atom. The van der Waals surface area contributed by atoms with Gasteiger partial charge in [-0.15, -0.1) is 0 Å². The van der Waals surface area contributed by atoms with Crippen LogP contribution in [-0.2, 0) is 6.42 Å². The highest BCUT2D eigenvalue weighted by Crippen LogP contribution is 2.13. The first kappa shape index (κ1) is 12.7. The second-order valence-electron chi connectivity index (χ2n) is 4.17. The number of carbonyl (C=O) groups is 1. The second kappa shape index (κ2) is 5.69. The fourth-order valence-corrected chi connectivity index (χ4v) is 1.85. The minimum atomic E-state index is 0.128. The summed E-state index contributed by atoms with van der Waals surface area (Å²) in [5, 5.41) is 0.644. The molecule has 3 heteroatoms. The maximum absolute atomic E-state index is 11.9. The number of anilines is 1. The number of nitrogens with two attached hydrogens (primary N) is 1. The summed E-state index contributed by atoms with van der Waals surface area (Å²) in [4.78, 5) is 11.9. The van der Waals surface area contributed by atoms with Gasteiger partial charge in [0.25, 0.3) is 0 Å². The molecule has 2 N–H and O–H groups in total. The summed E-state index contributed by atoms with van der Waals surface area (Å²) in [7, 11) is 0. The zero-order valence-electron chi connectivity index (χ0n) is 9.90. The smallest absolute Gasteiger partial charge is 0.163 e. The highest BCUT2D eigenvalue weighted by atomic mass is 35.5. The van der Waals surface area contributed by atoms with E-state index in [1.807, 2.05) is 24.3 Å². The molecular weight excluding hydrogens is 246 g/mol. The van der Waals surface area contributed by atoms with Crippen molar-refractivity contribution in [3.8, 4) is 0 Å². The maximum Gasteiger partial charge on any atom is 0.163 e. The number of hydrogen-bond acceptors (Lipinski definition) is 2. The molecule has 0 aliphatic heterocycles. The predicted octanol–water partition coefficient (Wildman–Crippen LogP) is 3.74. The summed E-state index contributed by atoms with van der Waals surface area (Å²) in [5.41, 5.74) is 8.17. The van der Waals surface area contributed by atoms with Crippen molar-refractivity contribution in [3.63, 3.8) is 0 Å². The van der Waals surface area contributed by atoms with E-state index >= 15 is 0 Å². The number of ketones is 1. The SMILES string of the molecule is Nc1ccc(CCC(=O)c2ccc(Cl)cc2)cc1. The third-order valence-electron chi connectivity index (χ3n) is 2.79. The van der Waals surface area contributed by atoms with Crippen LogP contribution in [0, 0.1) is 0 Å². The number of halogens is 1. The van der Waals surface area contributed by atoms with Gasteiger partial charge in [0.15, 0.2) is 5.78 Å². The summed E-state index contributed by atoms with van der Waals surface area (Å²) in [6.07, 6.45) is 1.22. The van der Waals surface area contributed by atoms with Crippen molar-refractivity contribution in [1.82, 2.24) is 0 Å². The Bertz CT molecular complexity index is 531. The first-order valence-electron chi connectivity index (χ1n) is 5.78. The van der Waals surface area contributed by atoms with Gasteiger partial charge in [-0.1, -0.05) is 23.7 Å². The Morgan fingerprint density at radius 2 is 1.61 bits per heavy atom. The second-order valence-corrected chi connectivity index (χ2v) is 4.61. The predicted molar refractivity (Wildman–Crippen MR) is 75.0 cm³/mol. The van der Waals surface area contributed by atoms with Crippen molar-refractivity contribution < 1.29 is 4.79 Å². The molecule has 0 aromatic heterocycles. The summed E-state index contributed by atoms with van der Waals surface area (Å²) in [6.45, 7) is 0. The molecule has 0 aliphatic rings. The van der Waals surface area contributed by atoms with Gasteiger partial charge in [-0.2, -0.15) is 0 Å². The fraction of sp³-hybridized carbons (Fsp3) is 0.133. The van der Waals surface area contributed by atoms with Crippen LogP contribution in [0.2, 0.25) is 5.02 Å². The third kappa shape index (κ3) is 3.34. The van der Waals surface area contributed by atoms with E-state index in [4.69, 9.17) is 17.3 Å². The molecule has 0 unspecified atom stereocenters. The van der Waals surface area contributed by atoms with Gasteiger partial charge in [-0.3, -0.25) is 4.79 Å². The van der Waals surface area contributed by atoms with Crippen LogP contribution in [0.4, 0.5) is 5.69 Å². The molecule has 0 fully saturated rings. The molecule has 92 valence electrons. The first-order chi connectivity index (χ1) is 8.65. The molecule has 2 rings (SSSR count). The van der Waals surface area contributed by atoms with Gasteiger partial charge >= 0.3 is 0 Å². The Balaban J connectivity index is 1.96. The van der Waals surface area contributed by atoms with Gasteiger partial charge in [0.05, 0.1) is 0 Å². The lowest BCUT2D eigenvalue weighted by molar-refractivity contribution is 0.0983. The van der Waals surface area contributed by atoms with Gasteiger partial charge in [0, 0.05) is 22.7 Å². The summed E-state index contributed by atoms with van der Waals surface area (Å²) >= 11 is 5.78. The molecule has 2 aromatic carbocycles. The van der Waals surface area contributed by atoms with Crippen molar-refractivity contribution in [2.45, 2.75) is 12.8 Å². The number of nitrogen functional groups attached to an aromatic ring is 1. The molecule has 2 nitrogen and oxygen atoms in total. The van der Waals surface area contributed by atoms with Crippen LogP contribution in [0.25, 0.3) is 0 Å². The van der Waals surface area contributed by atoms with E-state index in [9.17, 15) is 4.79 Å². The van der Waals surface area contributed by atoms with Crippen LogP contribution < -0.4 is 5.73 Å². The number of benzene rings is 2. The van der Waals surface area contributed by atoms with Crippen LogP contribution in [0.5, 0.6) is 0 Å². The van der Waals surface area contributed by atoms with E-state index in [0.29, 0.717) is 17.0 Å². The summed E-state index contributed by atoms with van der Waals surface area (Å²) in [5.74, 6) is 0.128. The van der Waals surface area contributed by atoms with E-state index in [1.165, 1.54) is 0 Å². The third-order valence-corrected chi connectivity index (χ3v) is 3.04. The highest BCUT2D eigenvalue weighted by molar-refractivity contribution is 6.30. The molecule has 0 saturated carbocycles. The average Bonchev–Trinajstić information content (AvgIpc) is 2.38. The number of hydrogen-bond donors (Lipinski definition) is 1. The Morgan fingerprint density at radius 3 is 2.22 bits per heavy atom. The number of aryl methyl sites for hydroxylation is 1. The van der Waals surface area contributed by atoms with Crippen LogP contribution in [0.3, 0.4) is 0 Å². The zero-order valence-corrected chi connectivity index (χ0v) is 10.7. The monoisotopic (exact) mass is 259 g/mol. The molecule has 0 aliphatic carbocycles. The molecule has 18 heavy (non-hydrogen) atoms. The van der Waals surface area contributed by atoms with Crippen molar-refractivity contribution in [3.05, 3.63) is 64.7 Å². The number of rotatable bonds is 4. The molecule has 0 atom stereocenters. The van der Waals surface area contributed by atoms with Crippen molar-refractivity contribution in [1.29, 1.82) is 0 Å². The largest absolute Gasteiger partial charge is 0.399 e. The summed E-state index contributed by atoms with van der Waals surface area (Å²) in [6, 6.07) is 14.6. The Labute approximate surface area is 111 Å². The van der Waals surface area contributed by atoms with Crippen molar-refractivity contribution in [2.24, 2.45) is 0 Å². The quantitative estimate of drug-likeness (QED) is 0.671. The average molecular weight is 260 g/mol. The number of carbonyl (C=O) groups excluding carboxylic acids is 1.